The lowest BCUT2D eigenvalue weighted by atomic mass is 10.0. The number of benzene rings is 1. The van der Waals surface area contributed by atoms with Crippen LogP contribution in [0.2, 0.25) is 0 Å². The van der Waals surface area contributed by atoms with E-state index in [4.69, 9.17) is 0 Å². The Morgan fingerprint density at radius 3 is 2.15 bits per heavy atom. The van der Waals surface area contributed by atoms with Crippen molar-refractivity contribution >= 4 is 0 Å². The molecule has 1 aliphatic heterocycles. The minimum Gasteiger partial charge on any atom is -0.300 e. The number of likely N-dealkylation sites (tertiary alicyclic amines) is 1. The molecule has 0 N–H and O–H groups in total. The van der Waals surface area contributed by atoms with Gasteiger partial charge in [-0.1, -0.05) is 44.2 Å². The largest absolute Gasteiger partial charge is 0.300 e. The summed E-state index contributed by atoms with van der Waals surface area (Å²) in [7, 11) is 0. The van der Waals surface area contributed by atoms with Gasteiger partial charge in [0.25, 0.3) is 0 Å². The first-order chi connectivity index (χ1) is 9.83. The van der Waals surface area contributed by atoms with Crippen molar-refractivity contribution in [1.29, 1.82) is 0 Å². The molecule has 1 fully saturated rings. The fourth-order valence-corrected chi connectivity index (χ4v) is 3.34. The van der Waals surface area contributed by atoms with Crippen molar-refractivity contribution in [2.24, 2.45) is 0 Å². The maximum Gasteiger partial charge on any atom is 0.0233 e. The number of hydrogen-bond donors (Lipinski definition) is 0. The van der Waals surface area contributed by atoms with Gasteiger partial charge in [0.15, 0.2) is 0 Å². The Morgan fingerprint density at radius 1 is 1.00 bits per heavy atom. The van der Waals surface area contributed by atoms with E-state index in [9.17, 15) is 0 Å². The first kappa shape index (κ1) is 15.5. The van der Waals surface area contributed by atoms with E-state index >= 15 is 0 Å². The first-order valence-corrected chi connectivity index (χ1v) is 8.33. The molecule has 0 atom stereocenters. The van der Waals surface area contributed by atoms with Crippen molar-refractivity contribution < 1.29 is 0 Å². The fourth-order valence-electron chi connectivity index (χ4n) is 3.34. The molecular formula is C18H30N2. The molecule has 1 aromatic carbocycles. The van der Waals surface area contributed by atoms with Gasteiger partial charge >= 0.3 is 0 Å². The standard InChI is InChI=1S/C18H30N2/c1-3-12-20(13-4-2)18-10-14-19(15-11-18)16-17-8-6-5-7-9-17/h5-9,18H,3-4,10-16H2,1-2H3. The van der Waals surface area contributed by atoms with Crippen molar-refractivity contribution in [2.75, 3.05) is 26.2 Å². The summed E-state index contributed by atoms with van der Waals surface area (Å²) < 4.78 is 0. The van der Waals surface area contributed by atoms with E-state index in [0.717, 1.165) is 12.6 Å². The van der Waals surface area contributed by atoms with Crippen LogP contribution in [0.15, 0.2) is 30.3 Å². The Kier molecular flexibility index (Phi) is 6.55. The Hall–Kier alpha value is -0.860. The first-order valence-electron chi connectivity index (χ1n) is 8.33. The monoisotopic (exact) mass is 274 g/mol. The van der Waals surface area contributed by atoms with E-state index in [1.807, 2.05) is 0 Å². The minimum atomic E-state index is 0.821. The second-order valence-corrected chi connectivity index (χ2v) is 6.03. The van der Waals surface area contributed by atoms with Gasteiger partial charge < -0.3 is 4.90 Å². The van der Waals surface area contributed by atoms with E-state index < -0.39 is 0 Å². The zero-order chi connectivity index (χ0) is 14.2. The van der Waals surface area contributed by atoms with Crippen molar-refractivity contribution in [3.63, 3.8) is 0 Å². The fraction of sp³-hybridized carbons (Fsp3) is 0.667. The highest BCUT2D eigenvalue weighted by atomic mass is 15.2. The van der Waals surface area contributed by atoms with E-state index in [2.05, 4.69) is 54.0 Å². The maximum absolute atomic E-state index is 2.72. The molecule has 0 amide bonds. The van der Waals surface area contributed by atoms with E-state index in [0.29, 0.717) is 0 Å². The molecule has 0 saturated carbocycles. The summed E-state index contributed by atoms with van der Waals surface area (Å²) in [6, 6.07) is 11.7. The molecule has 1 aliphatic rings. The highest BCUT2D eigenvalue weighted by Gasteiger charge is 2.23. The Balaban J connectivity index is 1.79. The summed E-state index contributed by atoms with van der Waals surface area (Å²) in [6.07, 6.45) is 5.24. The zero-order valence-corrected chi connectivity index (χ0v) is 13.2. The zero-order valence-electron chi connectivity index (χ0n) is 13.2. The summed E-state index contributed by atoms with van der Waals surface area (Å²) in [5, 5.41) is 0. The quantitative estimate of drug-likeness (QED) is 0.747. The van der Waals surface area contributed by atoms with Gasteiger partial charge in [0.2, 0.25) is 0 Å². The normalized spacial score (nSPS) is 17.8. The molecule has 1 aromatic rings. The summed E-state index contributed by atoms with van der Waals surface area (Å²) in [6.45, 7) is 10.8. The highest BCUT2D eigenvalue weighted by molar-refractivity contribution is 5.14. The van der Waals surface area contributed by atoms with Gasteiger partial charge in [-0.05, 0) is 57.4 Å². The molecule has 20 heavy (non-hydrogen) atoms. The topological polar surface area (TPSA) is 6.48 Å². The predicted molar refractivity (Wildman–Crippen MR) is 86.9 cm³/mol. The molecule has 112 valence electrons. The molecule has 2 rings (SSSR count). The third-order valence-electron chi connectivity index (χ3n) is 4.34. The van der Waals surface area contributed by atoms with Crippen LogP contribution in [0.25, 0.3) is 0 Å². The van der Waals surface area contributed by atoms with Gasteiger partial charge in [0.1, 0.15) is 0 Å². The molecule has 0 aliphatic carbocycles. The summed E-state index contributed by atoms with van der Waals surface area (Å²) in [5.41, 5.74) is 1.45. The van der Waals surface area contributed by atoms with E-state index in [1.165, 1.54) is 57.4 Å². The van der Waals surface area contributed by atoms with Crippen molar-refractivity contribution in [3.05, 3.63) is 35.9 Å². The van der Waals surface area contributed by atoms with Gasteiger partial charge in [-0.25, -0.2) is 0 Å². The van der Waals surface area contributed by atoms with Gasteiger partial charge in [0, 0.05) is 12.6 Å². The van der Waals surface area contributed by atoms with Crippen molar-refractivity contribution in [1.82, 2.24) is 9.80 Å². The molecule has 2 heteroatoms. The lowest BCUT2D eigenvalue weighted by molar-refractivity contribution is 0.104. The van der Waals surface area contributed by atoms with Crippen molar-refractivity contribution in [2.45, 2.75) is 52.1 Å². The van der Waals surface area contributed by atoms with Crippen LogP contribution in [-0.2, 0) is 6.54 Å². The van der Waals surface area contributed by atoms with Crippen LogP contribution in [0.4, 0.5) is 0 Å². The van der Waals surface area contributed by atoms with Gasteiger partial charge in [-0.2, -0.15) is 0 Å². The van der Waals surface area contributed by atoms with Crippen LogP contribution >= 0.6 is 0 Å². The molecule has 0 bridgehead atoms. The van der Waals surface area contributed by atoms with Gasteiger partial charge in [-0.3, -0.25) is 4.90 Å². The molecule has 0 spiro atoms. The molecular weight excluding hydrogens is 244 g/mol. The Bertz CT molecular complexity index is 349. The number of nitrogens with zero attached hydrogens (tertiary/aromatic N) is 2. The van der Waals surface area contributed by atoms with E-state index in [-0.39, 0.29) is 0 Å². The van der Waals surface area contributed by atoms with Gasteiger partial charge in [-0.15, -0.1) is 0 Å². The molecule has 1 heterocycles. The number of piperidine rings is 1. The van der Waals surface area contributed by atoms with Crippen LogP contribution in [0.5, 0.6) is 0 Å². The van der Waals surface area contributed by atoms with Crippen LogP contribution < -0.4 is 0 Å². The third-order valence-corrected chi connectivity index (χ3v) is 4.34. The smallest absolute Gasteiger partial charge is 0.0233 e. The van der Waals surface area contributed by atoms with Crippen LogP contribution in [0.1, 0.15) is 45.1 Å². The molecule has 2 nitrogen and oxygen atoms in total. The van der Waals surface area contributed by atoms with Gasteiger partial charge in [0.05, 0.1) is 0 Å². The lowest BCUT2D eigenvalue weighted by Gasteiger charge is -2.38. The summed E-state index contributed by atoms with van der Waals surface area (Å²) >= 11 is 0. The van der Waals surface area contributed by atoms with Crippen LogP contribution in [0.3, 0.4) is 0 Å². The van der Waals surface area contributed by atoms with Crippen LogP contribution in [-0.4, -0.2) is 42.0 Å². The maximum atomic E-state index is 2.72. The second-order valence-electron chi connectivity index (χ2n) is 6.03. The number of rotatable bonds is 7. The molecule has 0 aromatic heterocycles. The average Bonchev–Trinajstić information content (AvgIpc) is 2.49. The van der Waals surface area contributed by atoms with Crippen molar-refractivity contribution in [3.8, 4) is 0 Å². The summed E-state index contributed by atoms with van der Waals surface area (Å²) in [5.74, 6) is 0. The minimum absolute atomic E-state index is 0.821. The lowest BCUT2D eigenvalue weighted by Crippen LogP contribution is -2.45. The molecule has 1 saturated heterocycles. The Labute approximate surface area is 124 Å². The second kappa shape index (κ2) is 8.43. The third kappa shape index (κ3) is 4.60. The van der Waals surface area contributed by atoms with E-state index in [1.54, 1.807) is 0 Å². The molecule has 0 unspecified atom stereocenters. The summed E-state index contributed by atoms with van der Waals surface area (Å²) in [4.78, 5) is 5.34. The SMILES string of the molecule is CCCN(CCC)C1CCN(Cc2ccccc2)CC1. The highest BCUT2D eigenvalue weighted by Crippen LogP contribution is 2.19. The number of hydrogen-bond acceptors (Lipinski definition) is 2. The van der Waals surface area contributed by atoms with Crippen LogP contribution in [0, 0.1) is 0 Å². The predicted octanol–water partition coefficient (Wildman–Crippen LogP) is 3.77. The molecule has 0 radical (unpaired) electrons. The average molecular weight is 274 g/mol. The Morgan fingerprint density at radius 2 is 1.60 bits per heavy atom.